The van der Waals surface area contributed by atoms with Crippen molar-refractivity contribution in [3.05, 3.63) is 194 Å². The van der Waals surface area contributed by atoms with Gasteiger partial charge in [-0.3, -0.25) is 4.90 Å². The summed E-state index contributed by atoms with van der Waals surface area (Å²) in [5, 5.41) is 7.42. The number of anilines is 3. The molecule has 1 aromatic heterocycles. The van der Waals surface area contributed by atoms with Crippen LogP contribution in [-0.4, -0.2) is 4.98 Å². The van der Waals surface area contributed by atoms with Gasteiger partial charge in [-0.25, -0.2) is 4.98 Å². The van der Waals surface area contributed by atoms with Gasteiger partial charge < -0.3 is 0 Å². The van der Waals surface area contributed by atoms with Gasteiger partial charge in [0.15, 0.2) is 0 Å². The number of hydrogen-bond acceptors (Lipinski definition) is 2. The van der Waals surface area contributed by atoms with Crippen LogP contribution in [0.15, 0.2) is 194 Å². The molecule has 1 heterocycles. The molecule has 0 unspecified atom stereocenters. The maximum absolute atomic E-state index is 4.79. The summed E-state index contributed by atoms with van der Waals surface area (Å²) >= 11 is 0. The zero-order valence-corrected chi connectivity index (χ0v) is 26.9. The average Bonchev–Trinajstić information content (AvgIpc) is 3.19. The number of hydrogen-bond donors (Lipinski definition) is 0. The molecule has 0 bridgehead atoms. The number of rotatable bonds is 6. The molecule has 0 atom stereocenters. The Morgan fingerprint density at radius 2 is 0.898 bits per heavy atom. The van der Waals surface area contributed by atoms with Crippen LogP contribution < -0.4 is 4.90 Å². The quantitative estimate of drug-likeness (QED) is 0.171. The van der Waals surface area contributed by atoms with E-state index in [-0.39, 0.29) is 0 Å². The summed E-state index contributed by atoms with van der Waals surface area (Å²) in [5.41, 5.74) is 9.44. The Hall–Kier alpha value is -6.51. The molecule has 2 heteroatoms. The Balaban J connectivity index is 1.46. The molecule has 0 N–H and O–H groups in total. The second-order valence-electron chi connectivity index (χ2n) is 12.3. The third-order valence-corrected chi connectivity index (χ3v) is 9.47. The molecule has 0 saturated carbocycles. The molecule has 0 amide bonds. The zero-order chi connectivity index (χ0) is 32.6. The number of para-hydroxylation sites is 1. The maximum atomic E-state index is 4.79. The van der Waals surface area contributed by atoms with E-state index in [0.29, 0.717) is 0 Å². The minimum absolute atomic E-state index is 0.877. The minimum atomic E-state index is 0.877. The van der Waals surface area contributed by atoms with Gasteiger partial charge in [-0.05, 0) is 108 Å². The first-order valence-corrected chi connectivity index (χ1v) is 16.7. The Bertz CT molecular complexity index is 2530. The molecule has 0 aliphatic carbocycles. The summed E-state index contributed by atoms with van der Waals surface area (Å²) in [6.45, 7) is 0. The van der Waals surface area contributed by atoms with E-state index in [9.17, 15) is 0 Å². The van der Waals surface area contributed by atoms with Crippen LogP contribution in [0.25, 0.3) is 65.7 Å². The van der Waals surface area contributed by atoms with Gasteiger partial charge in [0.05, 0.1) is 0 Å². The number of pyridine rings is 1. The van der Waals surface area contributed by atoms with Crippen LogP contribution in [0.1, 0.15) is 0 Å². The van der Waals surface area contributed by atoms with E-state index >= 15 is 0 Å². The smallest absolute Gasteiger partial charge is 0.137 e. The topological polar surface area (TPSA) is 16.1 Å². The van der Waals surface area contributed by atoms with Crippen LogP contribution in [0.4, 0.5) is 17.2 Å². The van der Waals surface area contributed by atoms with E-state index in [4.69, 9.17) is 4.98 Å². The molecule has 8 aromatic carbocycles. The van der Waals surface area contributed by atoms with Crippen molar-refractivity contribution < 1.29 is 0 Å². The van der Waals surface area contributed by atoms with Crippen molar-refractivity contribution in [1.29, 1.82) is 0 Å². The molecule has 0 radical (unpaired) electrons. The molecule has 0 spiro atoms. The summed E-state index contributed by atoms with van der Waals surface area (Å²) < 4.78 is 0. The van der Waals surface area contributed by atoms with Gasteiger partial charge in [0.1, 0.15) is 5.82 Å². The molecule has 2 nitrogen and oxygen atoms in total. The van der Waals surface area contributed by atoms with Gasteiger partial charge in [-0.1, -0.05) is 146 Å². The minimum Gasteiger partial charge on any atom is -0.295 e. The molecule has 0 aliphatic heterocycles. The van der Waals surface area contributed by atoms with Crippen molar-refractivity contribution in [1.82, 2.24) is 4.98 Å². The molecular formula is C47H32N2. The highest BCUT2D eigenvalue weighted by molar-refractivity contribution is 6.33. The second-order valence-corrected chi connectivity index (χ2v) is 12.3. The van der Waals surface area contributed by atoms with Crippen molar-refractivity contribution in [2.24, 2.45) is 0 Å². The first-order valence-electron chi connectivity index (χ1n) is 16.7. The van der Waals surface area contributed by atoms with Gasteiger partial charge in [0, 0.05) is 17.6 Å². The zero-order valence-electron chi connectivity index (χ0n) is 26.9. The Kier molecular flexibility index (Phi) is 7.18. The fourth-order valence-electron chi connectivity index (χ4n) is 7.35. The molecule has 230 valence electrons. The van der Waals surface area contributed by atoms with Crippen LogP contribution >= 0.6 is 0 Å². The largest absolute Gasteiger partial charge is 0.295 e. The van der Waals surface area contributed by atoms with E-state index in [0.717, 1.165) is 17.2 Å². The van der Waals surface area contributed by atoms with E-state index in [2.05, 4.69) is 181 Å². The van der Waals surface area contributed by atoms with Crippen molar-refractivity contribution in [3.8, 4) is 33.4 Å². The number of nitrogens with zero attached hydrogens (tertiary/aromatic N) is 2. The summed E-state index contributed by atoms with van der Waals surface area (Å²) in [6, 6.07) is 67.4. The highest BCUT2D eigenvalue weighted by Crippen LogP contribution is 2.49. The summed E-state index contributed by atoms with van der Waals surface area (Å²) in [4.78, 5) is 7.03. The lowest BCUT2D eigenvalue weighted by molar-refractivity contribution is 1.18. The second kappa shape index (κ2) is 12.3. The summed E-state index contributed by atoms with van der Waals surface area (Å²) in [6.07, 6.45) is 1.86. The SMILES string of the molecule is c1ccc(-c2cc(-c3ccccc3)c3c4ccc(N(c5ccccc5)c5ccccn5)cc4c4ccccc4c3c2-c2ccccc2)cc1. The lowest BCUT2D eigenvalue weighted by Crippen LogP contribution is -2.11. The van der Waals surface area contributed by atoms with E-state index < -0.39 is 0 Å². The fraction of sp³-hybridized carbons (Fsp3) is 0. The van der Waals surface area contributed by atoms with E-state index in [1.165, 1.54) is 65.7 Å². The first-order chi connectivity index (χ1) is 24.3. The monoisotopic (exact) mass is 624 g/mol. The number of aromatic nitrogens is 1. The normalized spacial score (nSPS) is 11.3. The molecule has 49 heavy (non-hydrogen) atoms. The van der Waals surface area contributed by atoms with Gasteiger partial charge in [-0.2, -0.15) is 0 Å². The fourth-order valence-corrected chi connectivity index (χ4v) is 7.35. The number of fused-ring (bicyclic) bond motifs is 6. The predicted molar refractivity (Wildman–Crippen MR) is 208 cm³/mol. The van der Waals surface area contributed by atoms with Crippen LogP contribution in [0.5, 0.6) is 0 Å². The molecule has 9 aromatic rings. The van der Waals surface area contributed by atoms with Crippen molar-refractivity contribution in [3.63, 3.8) is 0 Å². The van der Waals surface area contributed by atoms with Gasteiger partial charge in [-0.15, -0.1) is 0 Å². The third kappa shape index (κ3) is 5.02. The third-order valence-electron chi connectivity index (χ3n) is 9.47. The molecule has 0 fully saturated rings. The first kappa shape index (κ1) is 28.7. The number of benzene rings is 8. The predicted octanol–water partition coefficient (Wildman–Crippen LogP) is 13.0. The Morgan fingerprint density at radius 3 is 1.55 bits per heavy atom. The van der Waals surface area contributed by atoms with Crippen LogP contribution in [0.2, 0.25) is 0 Å². The molecule has 0 saturated heterocycles. The van der Waals surface area contributed by atoms with E-state index in [1.54, 1.807) is 0 Å². The summed E-state index contributed by atoms with van der Waals surface area (Å²) in [5.74, 6) is 0.877. The molecule has 9 rings (SSSR count). The Morgan fingerprint density at radius 1 is 0.347 bits per heavy atom. The highest BCUT2D eigenvalue weighted by atomic mass is 15.2. The molecular weight excluding hydrogens is 593 g/mol. The highest BCUT2D eigenvalue weighted by Gasteiger charge is 2.22. The lowest BCUT2D eigenvalue weighted by atomic mass is 9.81. The van der Waals surface area contributed by atoms with Crippen LogP contribution in [0, 0.1) is 0 Å². The van der Waals surface area contributed by atoms with E-state index in [1.807, 2.05) is 18.3 Å². The lowest BCUT2D eigenvalue weighted by Gasteiger charge is -2.26. The van der Waals surface area contributed by atoms with Crippen molar-refractivity contribution >= 4 is 49.5 Å². The van der Waals surface area contributed by atoms with Gasteiger partial charge in [0.25, 0.3) is 0 Å². The van der Waals surface area contributed by atoms with Gasteiger partial charge in [0.2, 0.25) is 0 Å². The summed E-state index contributed by atoms with van der Waals surface area (Å²) in [7, 11) is 0. The average molecular weight is 625 g/mol. The van der Waals surface area contributed by atoms with Crippen molar-refractivity contribution in [2.45, 2.75) is 0 Å². The maximum Gasteiger partial charge on any atom is 0.137 e. The Labute approximate surface area is 286 Å². The van der Waals surface area contributed by atoms with Gasteiger partial charge >= 0.3 is 0 Å². The molecule has 0 aliphatic rings. The standard InChI is InChI=1S/C47H32N2/c1-5-17-33(18-6-1)41-32-42(34-19-7-2-8-20-34)46-40-29-28-37(49(36-23-11-4-12-24-36)44-27-15-16-30-48-44)31-43(40)38-25-13-14-26-39(38)47(46)45(41)35-21-9-3-10-22-35/h1-32H. The van der Waals surface area contributed by atoms with Crippen molar-refractivity contribution in [2.75, 3.05) is 4.90 Å². The van der Waals surface area contributed by atoms with Crippen LogP contribution in [-0.2, 0) is 0 Å². The van der Waals surface area contributed by atoms with Crippen LogP contribution in [0.3, 0.4) is 0 Å².